The first-order chi connectivity index (χ1) is 13.8. The summed E-state index contributed by atoms with van der Waals surface area (Å²) >= 11 is 3.06. The molecular weight excluding hydrogens is 463 g/mol. The number of benzene rings is 2. The van der Waals surface area contributed by atoms with E-state index in [1.54, 1.807) is 0 Å². The Bertz CT molecular complexity index is 992. The minimum absolute atomic E-state index is 0.0612. The van der Waals surface area contributed by atoms with Gasteiger partial charge < -0.3 is 10.4 Å². The molecule has 29 heavy (non-hydrogen) atoms. The number of rotatable bonds is 6. The first kappa shape index (κ1) is 21.9. The lowest BCUT2D eigenvalue weighted by Crippen LogP contribution is -2.38. The molecule has 0 radical (unpaired) electrons. The lowest BCUT2D eigenvalue weighted by atomic mass is 9.95. The molecule has 2 aromatic carbocycles. The predicted octanol–water partition coefficient (Wildman–Crippen LogP) is 3.62. The zero-order chi connectivity index (χ0) is 21.0. The highest BCUT2D eigenvalue weighted by atomic mass is 79.9. The topological polar surface area (TPSA) is 86.7 Å². The summed E-state index contributed by atoms with van der Waals surface area (Å²) in [4.78, 5) is 12.6. The number of carbonyl (C=O) groups excluding carboxylic acids is 1. The van der Waals surface area contributed by atoms with Crippen molar-refractivity contribution in [1.82, 2.24) is 4.31 Å². The van der Waals surface area contributed by atoms with Crippen molar-refractivity contribution in [3.63, 3.8) is 0 Å². The van der Waals surface area contributed by atoms with Crippen LogP contribution in [0.25, 0.3) is 0 Å². The van der Waals surface area contributed by atoms with E-state index < -0.39 is 21.7 Å². The van der Waals surface area contributed by atoms with Crippen molar-refractivity contribution in [1.29, 1.82) is 0 Å². The highest BCUT2D eigenvalue weighted by Gasteiger charge is 2.29. The second-order valence-electron chi connectivity index (χ2n) is 6.97. The number of nitrogens with one attached hydrogen (secondary N) is 1. The van der Waals surface area contributed by atoms with Gasteiger partial charge in [0.2, 0.25) is 10.0 Å². The van der Waals surface area contributed by atoms with Crippen molar-refractivity contribution in [2.24, 2.45) is 5.92 Å². The van der Waals surface area contributed by atoms with Gasteiger partial charge in [-0.1, -0.05) is 6.07 Å². The number of hydrogen-bond donors (Lipinski definition) is 2. The first-order valence-electron chi connectivity index (χ1n) is 9.28. The molecule has 2 N–H and O–H groups in total. The first-order valence-corrected chi connectivity index (χ1v) is 11.5. The maximum Gasteiger partial charge on any atom is 0.255 e. The van der Waals surface area contributed by atoms with Crippen molar-refractivity contribution in [2.45, 2.75) is 24.2 Å². The number of halogens is 2. The van der Waals surface area contributed by atoms with Gasteiger partial charge in [0.25, 0.3) is 5.91 Å². The Morgan fingerprint density at radius 1 is 1.21 bits per heavy atom. The van der Waals surface area contributed by atoms with E-state index in [0.29, 0.717) is 44.0 Å². The Balaban J connectivity index is 1.74. The van der Waals surface area contributed by atoms with Gasteiger partial charge in [0.05, 0.1) is 9.37 Å². The molecule has 9 heteroatoms. The Labute approximate surface area is 177 Å². The van der Waals surface area contributed by atoms with Crippen LogP contribution in [0.4, 0.5) is 10.1 Å². The van der Waals surface area contributed by atoms with E-state index in [2.05, 4.69) is 21.2 Å². The van der Waals surface area contributed by atoms with Gasteiger partial charge in [-0.05, 0) is 77.5 Å². The van der Waals surface area contributed by atoms with E-state index in [1.807, 2.05) is 0 Å². The zero-order valence-corrected chi connectivity index (χ0v) is 18.0. The van der Waals surface area contributed by atoms with E-state index in [1.165, 1.54) is 46.8 Å². The van der Waals surface area contributed by atoms with Gasteiger partial charge in [-0.25, -0.2) is 12.8 Å². The summed E-state index contributed by atoms with van der Waals surface area (Å²) in [6.07, 6.45) is 2.10. The number of aliphatic hydroxyl groups excluding tert-OH is 1. The van der Waals surface area contributed by atoms with Crippen LogP contribution < -0.4 is 5.32 Å². The molecule has 1 aliphatic heterocycles. The number of nitrogens with zero attached hydrogens (tertiary/aromatic N) is 1. The molecule has 0 unspecified atom stereocenters. The van der Waals surface area contributed by atoms with Gasteiger partial charge in [-0.3, -0.25) is 4.79 Å². The molecule has 0 atom stereocenters. The Morgan fingerprint density at radius 3 is 2.59 bits per heavy atom. The summed E-state index contributed by atoms with van der Waals surface area (Å²) in [6.45, 7) is 0.902. The van der Waals surface area contributed by atoms with Crippen LogP contribution >= 0.6 is 15.9 Å². The number of carbonyl (C=O) groups is 1. The number of piperidine rings is 1. The summed E-state index contributed by atoms with van der Waals surface area (Å²) in [6, 6.07) is 9.96. The third-order valence-corrected chi connectivity index (χ3v) is 7.52. The zero-order valence-electron chi connectivity index (χ0n) is 15.6. The molecule has 1 aliphatic rings. The van der Waals surface area contributed by atoms with Crippen LogP contribution in [-0.2, 0) is 10.0 Å². The molecule has 0 aromatic heterocycles. The largest absolute Gasteiger partial charge is 0.396 e. The van der Waals surface area contributed by atoms with Crippen molar-refractivity contribution in [3.8, 4) is 0 Å². The SMILES string of the molecule is O=C(Nc1ccc(F)c(Br)c1)c1cccc(S(=O)(=O)N2CCC(CCO)CC2)c1. The fourth-order valence-corrected chi connectivity index (χ4v) is 5.24. The van der Waals surface area contributed by atoms with Crippen LogP contribution in [0.2, 0.25) is 0 Å². The normalized spacial score (nSPS) is 16.0. The lowest BCUT2D eigenvalue weighted by Gasteiger charge is -2.31. The van der Waals surface area contributed by atoms with Crippen molar-refractivity contribution in [3.05, 3.63) is 58.3 Å². The number of anilines is 1. The Hall–Kier alpha value is -1.81. The maximum atomic E-state index is 13.3. The molecule has 0 aliphatic carbocycles. The average molecular weight is 485 g/mol. The molecule has 1 fully saturated rings. The number of sulfonamides is 1. The van der Waals surface area contributed by atoms with E-state index >= 15 is 0 Å². The molecule has 0 bridgehead atoms. The summed E-state index contributed by atoms with van der Waals surface area (Å²) in [5, 5.41) is 11.7. The summed E-state index contributed by atoms with van der Waals surface area (Å²) in [7, 11) is -3.71. The monoisotopic (exact) mass is 484 g/mol. The van der Waals surface area contributed by atoms with Crippen LogP contribution in [0.3, 0.4) is 0 Å². The molecule has 2 aromatic rings. The molecule has 156 valence electrons. The third kappa shape index (κ3) is 5.22. The molecule has 0 saturated carbocycles. The molecule has 3 rings (SSSR count). The third-order valence-electron chi connectivity index (χ3n) is 5.02. The van der Waals surface area contributed by atoms with Crippen LogP contribution in [0, 0.1) is 11.7 Å². The van der Waals surface area contributed by atoms with Crippen molar-refractivity contribution in [2.75, 3.05) is 25.0 Å². The highest BCUT2D eigenvalue weighted by molar-refractivity contribution is 9.10. The van der Waals surface area contributed by atoms with E-state index in [-0.39, 0.29) is 21.5 Å². The number of hydrogen-bond acceptors (Lipinski definition) is 4. The quantitative estimate of drug-likeness (QED) is 0.655. The van der Waals surface area contributed by atoms with Crippen LogP contribution in [0.5, 0.6) is 0 Å². The van der Waals surface area contributed by atoms with Gasteiger partial charge in [0.1, 0.15) is 5.82 Å². The summed E-state index contributed by atoms with van der Waals surface area (Å²) < 4.78 is 40.9. The van der Waals surface area contributed by atoms with Crippen LogP contribution in [0.1, 0.15) is 29.6 Å². The highest BCUT2D eigenvalue weighted by Crippen LogP contribution is 2.26. The fourth-order valence-electron chi connectivity index (χ4n) is 3.34. The molecule has 1 amide bonds. The Kier molecular flexibility index (Phi) is 7.05. The standard InChI is InChI=1S/C20H22BrFN2O4S/c21-18-13-16(4-5-19(18)22)23-20(26)15-2-1-3-17(12-15)29(27,28)24-9-6-14(7-10-24)8-11-25/h1-5,12-14,25H,6-11H2,(H,23,26). The van der Waals surface area contributed by atoms with E-state index in [9.17, 15) is 17.6 Å². The van der Waals surface area contributed by atoms with E-state index in [0.717, 1.165) is 0 Å². The number of aliphatic hydroxyl groups is 1. The van der Waals surface area contributed by atoms with Crippen LogP contribution in [-0.4, -0.2) is 43.4 Å². The lowest BCUT2D eigenvalue weighted by molar-refractivity contribution is 0.102. The molecule has 1 saturated heterocycles. The van der Waals surface area contributed by atoms with Gasteiger partial charge in [0.15, 0.2) is 0 Å². The Morgan fingerprint density at radius 2 is 1.93 bits per heavy atom. The fraction of sp³-hybridized carbons (Fsp3) is 0.350. The number of amides is 1. The van der Waals surface area contributed by atoms with Gasteiger partial charge in [-0.15, -0.1) is 0 Å². The predicted molar refractivity (Wildman–Crippen MR) is 112 cm³/mol. The second-order valence-corrected chi connectivity index (χ2v) is 9.76. The molecular formula is C20H22BrFN2O4S. The molecule has 6 nitrogen and oxygen atoms in total. The minimum Gasteiger partial charge on any atom is -0.396 e. The molecule has 1 heterocycles. The maximum absolute atomic E-state index is 13.3. The van der Waals surface area contributed by atoms with Crippen molar-refractivity contribution < 1.29 is 22.7 Å². The van der Waals surface area contributed by atoms with E-state index in [4.69, 9.17) is 5.11 Å². The average Bonchev–Trinajstić information content (AvgIpc) is 2.71. The molecule has 0 spiro atoms. The summed E-state index contributed by atoms with van der Waals surface area (Å²) in [5.74, 6) is -0.598. The smallest absolute Gasteiger partial charge is 0.255 e. The van der Waals surface area contributed by atoms with Crippen LogP contribution in [0.15, 0.2) is 51.8 Å². The van der Waals surface area contributed by atoms with Gasteiger partial charge in [-0.2, -0.15) is 4.31 Å². The summed E-state index contributed by atoms with van der Waals surface area (Å²) in [5.41, 5.74) is 0.587. The van der Waals surface area contributed by atoms with Gasteiger partial charge in [0, 0.05) is 30.9 Å². The van der Waals surface area contributed by atoms with Gasteiger partial charge >= 0.3 is 0 Å². The second kappa shape index (κ2) is 9.34. The van der Waals surface area contributed by atoms with Crippen molar-refractivity contribution >= 4 is 37.5 Å². The minimum atomic E-state index is -3.71.